The molecule has 2 heterocycles. The van der Waals surface area contributed by atoms with Gasteiger partial charge in [0.2, 0.25) is 0 Å². The zero-order chi connectivity index (χ0) is 18.2. The minimum atomic E-state index is -0.172. The monoisotopic (exact) mass is 356 g/mol. The van der Waals surface area contributed by atoms with E-state index in [1.54, 1.807) is 10.9 Å². The Balaban J connectivity index is 1.65. The van der Waals surface area contributed by atoms with Crippen molar-refractivity contribution in [2.75, 3.05) is 26.2 Å². The number of amides is 1. The molecular weight excluding hydrogens is 328 g/mol. The number of piperidine rings is 1. The average Bonchev–Trinajstić information content (AvgIpc) is 3.12. The molecule has 26 heavy (non-hydrogen) atoms. The van der Waals surface area contributed by atoms with Crippen LogP contribution in [0.25, 0.3) is 5.69 Å². The van der Waals surface area contributed by atoms with Crippen LogP contribution in [0.3, 0.4) is 0 Å². The molecule has 1 aromatic heterocycles. The zero-order valence-corrected chi connectivity index (χ0v) is 15.4. The molecule has 0 saturated carbocycles. The number of ether oxygens (including phenoxy) is 1. The Hall–Kier alpha value is -2.34. The van der Waals surface area contributed by atoms with Crippen LogP contribution in [0.1, 0.15) is 43.1 Å². The summed E-state index contributed by atoms with van der Waals surface area (Å²) in [6, 6.07) is 9.75. The Morgan fingerprint density at radius 1 is 1.38 bits per heavy atom. The Morgan fingerprint density at radius 3 is 2.96 bits per heavy atom. The van der Waals surface area contributed by atoms with E-state index < -0.39 is 0 Å². The molecule has 2 N–H and O–H groups in total. The maximum absolute atomic E-state index is 12.6. The molecule has 0 bridgehead atoms. The first-order valence-electron chi connectivity index (χ1n) is 9.54. The minimum Gasteiger partial charge on any atom is -0.489 e. The van der Waals surface area contributed by atoms with Crippen molar-refractivity contribution in [3.05, 3.63) is 42.2 Å². The number of para-hydroxylation sites is 1. The molecule has 1 aliphatic heterocycles. The van der Waals surface area contributed by atoms with Crippen LogP contribution in [0.2, 0.25) is 0 Å². The summed E-state index contributed by atoms with van der Waals surface area (Å²) >= 11 is 0. The summed E-state index contributed by atoms with van der Waals surface area (Å²) in [6.07, 6.45) is 6.10. The number of benzene rings is 1. The van der Waals surface area contributed by atoms with Crippen LogP contribution in [0.15, 0.2) is 36.5 Å². The van der Waals surface area contributed by atoms with Crippen LogP contribution >= 0.6 is 0 Å². The lowest BCUT2D eigenvalue weighted by Gasteiger charge is -2.22. The van der Waals surface area contributed by atoms with Crippen molar-refractivity contribution in [3.63, 3.8) is 0 Å². The molecule has 6 nitrogen and oxygen atoms in total. The lowest BCUT2D eigenvalue weighted by atomic mass is 9.96. The molecule has 6 heteroatoms. The van der Waals surface area contributed by atoms with Gasteiger partial charge in [-0.3, -0.25) is 4.79 Å². The normalized spacial score (nSPS) is 17.0. The first-order valence-corrected chi connectivity index (χ1v) is 9.54. The first kappa shape index (κ1) is 18.5. The van der Waals surface area contributed by atoms with Gasteiger partial charge < -0.3 is 15.4 Å². The van der Waals surface area contributed by atoms with Crippen molar-refractivity contribution in [1.29, 1.82) is 0 Å². The van der Waals surface area contributed by atoms with Gasteiger partial charge in [-0.1, -0.05) is 25.1 Å². The maximum atomic E-state index is 12.6. The summed E-state index contributed by atoms with van der Waals surface area (Å²) in [5.41, 5.74) is 1.25. The number of carbonyl (C=O) groups excluding carboxylic acids is 1. The van der Waals surface area contributed by atoms with Gasteiger partial charge >= 0.3 is 0 Å². The number of nitrogens with zero attached hydrogens (tertiary/aromatic N) is 2. The van der Waals surface area contributed by atoms with Gasteiger partial charge in [0, 0.05) is 6.54 Å². The molecule has 1 unspecified atom stereocenters. The van der Waals surface area contributed by atoms with Gasteiger partial charge in [0.1, 0.15) is 0 Å². The van der Waals surface area contributed by atoms with Crippen molar-refractivity contribution in [2.24, 2.45) is 5.92 Å². The van der Waals surface area contributed by atoms with Crippen molar-refractivity contribution in [2.45, 2.75) is 32.6 Å². The molecule has 3 rings (SSSR count). The Morgan fingerprint density at radius 2 is 2.23 bits per heavy atom. The molecule has 1 saturated heterocycles. The molecule has 1 aromatic carbocycles. The Bertz CT molecular complexity index is 693. The molecule has 1 aliphatic rings. The van der Waals surface area contributed by atoms with E-state index in [0.717, 1.165) is 31.6 Å². The topological polar surface area (TPSA) is 68.2 Å². The third kappa shape index (κ3) is 4.85. The van der Waals surface area contributed by atoms with Crippen LogP contribution in [-0.4, -0.2) is 41.9 Å². The van der Waals surface area contributed by atoms with Gasteiger partial charge in [-0.2, -0.15) is 5.10 Å². The molecule has 1 amide bonds. The minimum absolute atomic E-state index is 0.172. The van der Waals surface area contributed by atoms with Crippen LogP contribution in [0.5, 0.6) is 5.75 Å². The predicted molar refractivity (Wildman–Crippen MR) is 102 cm³/mol. The molecule has 0 spiro atoms. The van der Waals surface area contributed by atoms with E-state index in [9.17, 15) is 4.79 Å². The van der Waals surface area contributed by atoms with E-state index >= 15 is 0 Å². The second-order valence-electron chi connectivity index (χ2n) is 6.73. The number of aromatic nitrogens is 2. The second-order valence-corrected chi connectivity index (χ2v) is 6.73. The second kappa shape index (κ2) is 9.38. The van der Waals surface area contributed by atoms with E-state index in [1.165, 1.54) is 12.8 Å². The predicted octanol–water partition coefficient (Wildman–Crippen LogP) is 2.78. The molecule has 1 fully saturated rings. The van der Waals surface area contributed by atoms with Crippen LogP contribution in [-0.2, 0) is 0 Å². The first-order chi connectivity index (χ1) is 12.8. The standard InChI is InChI=1S/C20H28N4O2/c1-2-13-26-18-15-24(17-8-4-3-5-9-17)23-19(18)20(25)22-12-10-16-7-6-11-21-14-16/h3-5,8-9,15-16,21H,2,6-7,10-14H2,1H3,(H,22,25). The van der Waals surface area contributed by atoms with E-state index in [2.05, 4.69) is 15.7 Å². The summed E-state index contributed by atoms with van der Waals surface area (Å²) < 4.78 is 7.45. The Labute approximate surface area is 154 Å². The van der Waals surface area contributed by atoms with Crippen molar-refractivity contribution < 1.29 is 9.53 Å². The summed E-state index contributed by atoms with van der Waals surface area (Å²) in [4.78, 5) is 12.6. The fourth-order valence-corrected chi connectivity index (χ4v) is 3.19. The number of hydrogen-bond donors (Lipinski definition) is 2. The highest BCUT2D eigenvalue weighted by Crippen LogP contribution is 2.20. The van der Waals surface area contributed by atoms with E-state index in [-0.39, 0.29) is 5.91 Å². The van der Waals surface area contributed by atoms with Crippen molar-refractivity contribution >= 4 is 5.91 Å². The smallest absolute Gasteiger partial charge is 0.275 e. The summed E-state index contributed by atoms with van der Waals surface area (Å²) in [7, 11) is 0. The van der Waals surface area contributed by atoms with Crippen molar-refractivity contribution in [1.82, 2.24) is 20.4 Å². The highest BCUT2D eigenvalue weighted by molar-refractivity contribution is 5.94. The van der Waals surface area contributed by atoms with Gasteiger partial charge in [-0.05, 0) is 56.8 Å². The zero-order valence-electron chi connectivity index (χ0n) is 15.4. The van der Waals surface area contributed by atoms with Crippen LogP contribution in [0.4, 0.5) is 0 Å². The molecule has 0 radical (unpaired) electrons. The van der Waals surface area contributed by atoms with Gasteiger partial charge in [0.05, 0.1) is 18.5 Å². The summed E-state index contributed by atoms with van der Waals surface area (Å²) in [6.45, 7) is 5.42. The SMILES string of the molecule is CCCOc1cn(-c2ccccc2)nc1C(=O)NCCC1CCCNC1. The molecule has 0 aliphatic carbocycles. The number of nitrogens with one attached hydrogen (secondary N) is 2. The molecule has 1 atom stereocenters. The van der Waals surface area contributed by atoms with Gasteiger partial charge in [-0.25, -0.2) is 4.68 Å². The molecule has 140 valence electrons. The number of rotatable bonds is 8. The fraction of sp³-hybridized carbons (Fsp3) is 0.500. The van der Waals surface area contributed by atoms with Gasteiger partial charge in [-0.15, -0.1) is 0 Å². The number of hydrogen-bond acceptors (Lipinski definition) is 4. The number of carbonyl (C=O) groups is 1. The largest absolute Gasteiger partial charge is 0.489 e. The van der Waals surface area contributed by atoms with E-state index in [1.807, 2.05) is 37.3 Å². The lowest BCUT2D eigenvalue weighted by Crippen LogP contribution is -2.33. The Kier molecular flexibility index (Phi) is 6.66. The van der Waals surface area contributed by atoms with Gasteiger partial charge in [0.25, 0.3) is 5.91 Å². The molecular formula is C20H28N4O2. The average molecular weight is 356 g/mol. The van der Waals surface area contributed by atoms with Gasteiger partial charge in [0.15, 0.2) is 11.4 Å². The van der Waals surface area contributed by atoms with E-state index in [4.69, 9.17) is 4.74 Å². The molecule has 2 aromatic rings. The third-order valence-electron chi connectivity index (χ3n) is 4.62. The third-order valence-corrected chi connectivity index (χ3v) is 4.62. The quantitative estimate of drug-likeness (QED) is 0.763. The summed E-state index contributed by atoms with van der Waals surface area (Å²) in [5.74, 6) is 1.00. The highest BCUT2D eigenvalue weighted by atomic mass is 16.5. The van der Waals surface area contributed by atoms with E-state index in [0.29, 0.717) is 30.5 Å². The van der Waals surface area contributed by atoms with Crippen molar-refractivity contribution in [3.8, 4) is 11.4 Å². The van der Waals surface area contributed by atoms with Crippen LogP contribution < -0.4 is 15.4 Å². The van der Waals surface area contributed by atoms with Crippen LogP contribution in [0, 0.1) is 5.92 Å². The highest BCUT2D eigenvalue weighted by Gasteiger charge is 2.19. The summed E-state index contributed by atoms with van der Waals surface area (Å²) in [5, 5.41) is 10.9. The fourth-order valence-electron chi connectivity index (χ4n) is 3.19. The maximum Gasteiger partial charge on any atom is 0.275 e. The lowest BCUT2D eigenvalue weighted by molar-refractivity contribution is 0.0941.